The van der Waals surface area contributed by atoms with E-state index in [1.54, 1.807) is 31.2 Å². The fraction of sp³-hybridized carbons (Fsp3) is 0.417. The molecule has 2 unspecified atom stereocenters. The number of amides is 2. The quantitative estimate of drug-likeness (QED) is 0.411. The molecule has 11 heteroatoms. The van der Waals surface area contributed by atoms with Gasteiger partial charge in [0.15, 0.2) is 0 Å². The molecule has 0 fully saturated rings. The molecular formula is C24H30Cl3N3O4S. The number of carbonyl (C=O) groups is 2. The zero-order valence-electron chi connectivity index (χ0n) is 20.1. The average Bonchev–Trinajstić information content (AvgIpc) is 2.79. The molecule has 2 amide bonds. The molecule has 1 N–H and O–H groups in total. The van der Waals surface area contributed by atoms with Gasteiger partial charge >= 0.3 is 0 Å². The Hall–Kier alpha value is -2.00. The molecule has 2 aromatic rings. The van der Waals surface area contributed by atoms with Gasteiger partial charge in [-0.3, -0.25) is 13.9 Å². The lowest BCUT2D eigenvalue weighted by molar-refractivity contribution is -0.140. The summed E-state index contributed by atoms with van der Waals surface area (Å²) in [5, 5.41) is 3.76. The van der Waals surface area contributed by atoms with Crippen LogP contribution in [0.4, 0.5) is 5.69 Å². The van der Waals surface area contributed by atoms with E-state index in [0.717, 1.165) is 17.0 Å². The number of benzene rings is 2. The summed E-state index contributed by atoms with van der Waals surface area (Å²) < 4.78 is 26.2. The normalized spacial score (nSPS) is 13.1. The molecule has 0 aromatic heterocycles. The van der Waals surface area contributed by atoms with Crippen LogP contribution in [0.1, 0.15) is 39.2 Å². The van der Waals surface area contributed by atoms with Gasteiger partial charge in [0.2, 0.25) is 21.8 Å². The van der Waals surface area contributed by atoms with Crippen molar-refractivity contribution < 1.29 is 18.0 Å². The molecule has 0 aliphatic heterocycles. The van der Waals surface area contributed by atoms with Crippen molar-refractivity contribution in [2.45, 2.75) is 52.2 Å². The van der Waals surface area contributed by atoms with E-state index in [0.29, 0.717) is 17.0 Å². The minimum Gasteiger partial charge on any atom is -0.352 e. The molecular weight excluding hydrogens is 533 g/mol. The van der Waals surface area contributed by atoms with Gasteiger partial charge in [0.25, 0.3) is 0 Å². The zero-order chi connectivity index (χ0) is 26.3. The molecule has 0 spiro atoms. The minimum absolute atomic E-state index is 0.0317. The van der Waals surface area contributed by atoms with Crippen LogP contribution in [0.5, 0.6) is 0 Å². The van der Waals surface area contributed by atoms with Gasteiger partial charge in [-0.25, -0.2) is 8.42 Å². The van der Waals surface area contributed by atoms with E-state index in [9.17, 15) is 18.0 Å². The van der Waals surface area contributed by atoms with Crippen LogP contribution in [0.15, 0.2) is 42.5 Å². The standard InChI is InChI=1S/C24H30Cl3N3O4S/c1-5-16(3)28-24(32)22(6-2)29(14-17-9-7-8-10-19(17)25)23(31)15-30(35(4,33)34)18-11-12-20(26)21(27)13-18/h7-13,16,22H,5-6,14-15H2,1-4H3,(H,28,32). The second-order valence-electron chi connectivity index (χ2n) is 8.22. The summed E-state index contributed by atoms with van der Waals surface area (Å²) >= 11 is 18.4. The molecule has 0 aliphatic carbocycles. The summed E-state index contributed by atoms with van der Waals surface area (Å²) in [6.45, 7) is 5.11. The fourth-order valence-electron chi connectivity index (χ4n) is 3.42. The van der Waals surface area contributed by atoms with Gasteiger partial charge in [-0.2, -0.15) is 0 Å². The van der Waals surface area contributed by atoms with Crippen LogP contribution >= 0.6 is 34.8 Å². The fourth-order valence-corrected chi connectivity index (χ4v) is 4.75. The van der Waals surface area contributed by atoms with Crippen molar-refractivity contribution in [3.63, 3.8) is 0 Å². The highest BCUT2D eigenvalue weighted by atomic mass is 35.5. The summed E-state index contributed by atoms with van der Waals surface area (Å²) in [4.78, 5) is 28.1. The Morgan fingerprint density at radius 1 is 0.971 bits per heavy atom. The van der Waals surface area contributed by atoms with Gasteiger partial charge in [0.1, 0.15) is 12.6 Å². The number of hydrogen-bond acceptors (Lipinski definition) is 4. The Labute approximate surface area is 222 Å². The lowest BCUT2D eigenvalue weighted by Gasteiger charge is -2.33. The summed E-state index contributed by atoms with van der Waals surface area (Å²) in [6.07, 6.45) is 2.04. The number of nitrogens with one attached hydrogen (secondary N) is 1. The van der Waals surface area contributed by atoms with Crippen molar-refractivity contribution in [2.24, 2.45) is 0 Å². The first-order valence-electron chi connectivity index (χ1n) is 11.1. The van der Waals surface area contributed by atoms with Crippen molar-refractivity contribution in [2.75, 3.05) is 17.1 Å². The predicted molar refractivity (Wildman–Crippen MR) is 143 cm³/mol. The number of nitrogens with zero attached hydrogens (tertiary/aromatic N) is 2. The first kappa shape index (κ1) is 29.2. The van der Waals surface area contributed by atoms with E-state index in [1.165, 1.54) is 23.1 Å². The third-order valence-corrected chi connectivity index (χ3v) is 7.80. The number of anilines is 1. The lowest BCUT2D eigenvalue weighted by Crippen LogP contribution is -2.53. The van der Waals surface area contributed by atoms with Gasteiger partial charge in [-0.05, 0) is 49.6 Å². The smallest absolute Gasteiger partial charge is 0.244 e. The molecule has 0 heterocycles. The minimum atomic E-state index is -3.88. The maximum Gasteiger partial charge on any atom is 0.244 e. The highest BCUT2D eigenvalue weighted by molar-refractivity contribution is 7.92. The van der Waals surface area contributed by atoms with Crippen LogP contribution in [-0.2, 0) is 26.2 Å². The molecule has 2 aromatic carbocycles. The lowest BCUT2D eigenvalue weighted by atomic mass is 10.1. The molecule has 0 saturated heterocycles. The molecule has 0 saturated carbocycles. The van der Waals surface area contributed by atoms with Crippen LogP contribution in [0.25, 0.3) is 0 Å². The highest BCUT2D eigenvalue weighted by Gasteiger charge is 2.32. The second kappa shape index (κ2) is 12.8. The summed E-state index contributed by atoms with van der Waals surface area (Å²) in [5.41, 5.74) is 0.822. The Morgan fingerprint density at radius 3 is 2.17 bits per heavy atom. The highest BCUT2D eigenvalue weighted by Crippen LogP contribution is 2.29. The first-order chi connectivity index (χ1) is 16.4. The SMILES string of the molecule is CCC(C)NC(=O)C(CC)N(Cc1ccccc1Cl)C(=O)CN(c1ccc(Cl)c(Cl)c1)S(C)(=O)=O. The van der Waals surface area contributed by atoms with E-state index in [4.69, 9.17) is 34.8 Å². The number of halogens is 3. The predicted octanol–water partition coefficient (Wildman–Crippen LogP) is 5.13. The Balaban J connectivity index is 2.47. The summed E-state index contributed by atoms with van der Waals surface area (Å²) in [5.74, 6) is -0.879. The summed E-state index contributed by atoms with van der Waals surface area (Å²) in [7, 11) is -3.88. The van der Waals surface area contributed by atoms with E-state index in [2.05, 4.69) is 5.32 Å². The molecule has 2 rings (SSSR count). The monoisotopic (exact) mass is 561 g/mol. The van der Waals surface area contributed by atoms with Gasteiger partial charge in [0, 0.05) is 17.6 Å². The Morgan fingerprint density at radius 2 is 1.63 bits per heavy atom. The molecule has 0 bridgehead atoms. The number of rotatable bonds is 11. The van der Waals surface area contributed by atoms with Crippen molar-refractivity contribution in [3.05, 3.63) is 63.1 Å². The van der Waals surface area contributed by atoms with Gasteiger partial charge in [0.05, 0.1) is 22.0 Å². The van der Waals surface area contributed by atoms with E-state index in [1.807, 2.05) is 13.8 Å². The number of carbonyl (C=O) groups excluding carboxylic acids is 2. The van der Waals surface area contributed by atoms with Crippen LogP contribution in [0.3, 0.4) is 0 Å². The molecule has 0 aliphatic rings. The van der Waals surface area contributed by atoms with Gasteiger partial charge in [-0.1, -0.05) is 66.8 Å². The van der Waals surface area contributed by atoms with Crippen LogP contribution in [0, 0.1) is 0 Å². The third-order valence-electron chi connectivity index (χ3n) is 5.56. The van der Waals surface area contributed by atoms with E-state index in [-0.39, 0.29) is 34.2 Å². The van der Waals surface area contributed by atoms with Crippen molar-refractivity contribution >= 4 is 62.3 Å². The maximum atomic E-state index is 13.6. The van der Waals surface area contributed by atoms with E-state index < -0.39 is 28.5 Å². The molecule has 2 atom stereocenters. The maximum absolute atomic E-state index is 13.6. The summed E-state index contributed by atoms with van der Waals surface area (Å²) in [6, 6.07) is 10.4. The van der Waals surface area contributed by atoms with Gasteiger partial charge < -0.3 is 10.2 Å². The van der Waals surface area contributed by atoms with Crippen molar-refractivity contribution in [1.29, 1.82) is 0 Å². The number of sulfonamides is 1. The Kier molecular flexibility index (Phi) is 10.7. The van der Waals surface area contributed by atoms with Crippen molar-refractivity contribution in [3.8, 4) is 0 Å². The third kappa shape index (κ3) is 8.00. The second-order valence-corrected chi connectivity index (χ2v) is 11.4. The van der Waals surface area contributed by atoms with Gasteiger partial charge in [-0.15, -0.1) is 0 Å². The van der Waals surface area contributed by atoms with Crippen LogP contribution < -0.4 is 9.62 Å². The zero-order valence-corrected chi connectivity index (χ0v) is 23.2. The topological polar surface area (TPSA) is 86.8 Å². The van der Waals surface area contributed by atoms with Crippen LogP contribution in [0.2, 0.25) is 15.1 Å². The molecule has 7 nitrogen and oxygen atoms in total. The molecule has 35 heavy (non-hydrogen) atoms. The average molecular weight is 563 g/mol. The van der Waals surface area contributed by atoms with Crippen LogP contribution in [-0.4, -0.2) is 50.0 Å². The van der Waals surface area contributed by atoms with E-state index >= 15 is 0 Å². The first-order valence-corrected chi connectivity index (χ1v) is 14.1. The number of hydrogen-bond donors (Lipinski definition) is 1. The molecule has 192 valence electrons. The Bertz CT molecular complexity index is 1160. The molecule has 0 radical (unpaired) electrons. The van der Waals surface area contributed by atoms with Crippen molar-refractivity contribution in [1.82, 2.24) is 10.2 Å². The largest absolute Gasteiger partial charge is 0.352 e.